The van der Waals surface area contributed by atoms with Crippen LogP contribution in [0, 0.1) is 6.92 Å². The molecule has 0 bridgehead atoms. The van der Waals surface area contributed by atoms with Gasteiger partial charge in [0.05, 0.1) is 9.90 Å². The highest BCUT2D eigenvalue weighted by atomic mass is 35.5. The number of aryl methyl sites for hydroxylation is 2. The molecule has 0 unspecified atom stereocenters. The minimum absolute atomic E-state index is 0.0129. The van der Waals surface area contributed by atoms with Crippen molar-refractivity contribution < 1.29 is 0 Å². The van der Waals surface area contributed by atoms with Gasteiger partial charge >= 0.3 is 0 Å². The van der Waals surface area contributed by atoms with Crippen molar-refractivity contribution >= 4 is 22.9 Å². The van der Waals surface area contributed by atoms with E-state index in [0.29, 0.717) is 9.90 Å². The second kappa shape index (κ2) is 3.29. The SMILES string of the molecule is Cc1[nH]n(C)c(=O)c1-c1ccc(Cl)s1. The number of thiophene rings is 1. The van der Waals surface area contributed by atoms with Crippen LogP contribution in [0.25, 0.3) is 10.4 Å². The van der Waals surface area contributed by atoms with E-state index in [1.807, 2.05) is 13.0 Å². The van der Waals surface area contributed by atoms with Crippen LogP contribution in [0.2, 0.25) is 4.34 Å². The molecule has 0 atom stereocenters. The molecular weight excluding hydrogens is 220 g/mol. The van der Waals surface area contributed by atoms with Crippen molar-refractivity contribution in [2.24, 2.45) is 7.05 Å². The molecule has 2 heterocycles. The first-order chi connectivity index (χ1) is 6.59. The fourth-order valence-corrected chi connectivity index (χ4v) is 2.56. The topological polar surface area (TPSA) is 37.8 Å². The second-order valence-corrected chi connectivity index (χ2v) is 4.79. The van der Waals surface area contributed by atoms with Crippen LogP contribution in [-0.4, -0.2) is 9.78 Å². The zero-order valence-electron chi connectivity index (χ0n) is 7.80. The van der Waals surface area contributed by atoms with E-state index >= 15 is 0 Å². The monoisotopic (exact) mass is 228 g/mol. The molecule has 0 amide bonds. The van der Waals surface area contributed by atoms with Gasteiger partial charge in [-0.1, -0.05) is 11.6 Å². The summed E-state index contributed by atoms with van der Waals surface area (Å²) in [5.41, 5.74) is 1.57. The second-order valence-electron chi connectivity index (χ2n) is 3.08. The fourth-order valence-electron chi connectivity index (χ4n) is 1.43. The van der Waals surface area contributed by atoms with Crippen molar-refractivity contribution in [2.75, 3.05) is 0 Å². The minimum atomic E-state index is -0.0129. The summed E-state index contributed by atoms with van der Waals surface area (Å²) in [4.78, 5) is 12.6. The Morgan fingerprint density at radius 1 is 1.50 bits per heavy atom. The van der Waals surface area contributed by atoms with Crippen LogP contribution in [-0.2, 0) is 7.05 Å². The van der Waals surface area contributed by atoms with Crippen LogP contribution in [0.5, 0.6) is 0 Å². The zero-order chi connectivity index (χ0) is 10.3. The molecule has 0 spiro atoms. The summed E-state index contributed by atoms with van der Waals surface area (Å²) in [5.74, 6) is 0. The molecule has 74 valence electrons. The molecular formula is C9H9ClN2OS. The molecule has 0 radical (unpaired) electrons. The lowest BCUT2D eigenvalue weighted by atomic mass is 10.2. The Bertz CT molecular complexity index is 523. The summed E-state index contributed by atoms with van der Waals surface area (Å²) in [6.07, 6.45) is 0. The van der Waals surface area contributed by atoms with Crippen molar-refractivity contribution in [3.8, 4) is 10.4 Å². The Hall–Kier alpha value is -1.000. The molecule has 2 aromatic heterocycles. The normalized spacial score (nSPS) is 10.8. The van der Waals surface area contributed by atoms with Gasteiger partial charge in [-0.25, -0.2) is 0 Å². The summed E-state index contributed by atoms with van der Waals surface area (Å²) in [7, 11) is 1.70. The lowest BCUT2D eigenvalue weighted by molar-refractivity contribution is 0.731. The summed E-state index contributed by atoms with van der Waals surface area (Å²) < 4.78 is 2.17. The largest absolute Gasteiger partial charge is 0.300 e. The van der Waals surface area contributed by atoms with Crippen LogP contribution in [0.1, 0.15) is 5.69 Å². The molecule has 0 fully saturated rings. The Labute approximate surface area is 89.9 Å². The highest BCUT2D eigenvalue weighted by Gasteiger charge is 2.12. The molecule has 0 saturated carbocycles. The molecule has 1 N–H and O–H groups in total. The molecule has 14 heavy (non-hydrogen) atoms. The Balaban J connectivity index is 2.67. The Kier molecular flexibility index (Phi) is 2.25. The molecule has 2 aromatic rings. The van der Waals surface area contributed by atoms with Crippen LogP contribution >= 0.6 is 22.9 Å². The number of aromatic amines is 1. The average Bonchev–Trinajstić information content (AvgIpc) is 2.60. The predicted molar refractivity (Wildman–Crippen MR) is 59.1 cm³/mol. The van der Waals surface area contributed by atoms with E-state index in [1.54, 1.807) is 13.1 Å². The molecule has 0 aliphatic rings. The number of rotatable bonds is 1. The maximum atomic E-state index is 11.7. The van der Waals surface area contributed by atoms with Crippen molar-refractivity contribution in [1.82, 2.24) is 9.78 Å². The van der Waals surface area contributed by atoms with Crippen LogP contribution in [0.3, 0.4) is 0 Å². The van der Waals surface area contributed by atoms with Crippen molar-refractivity contribution in [3.05, 3.63) is 32.5 Å². The first-order valence-electron chi connectivity index (χ1n) is 4.11. The van der Waals surface area contributed by atoms with Gasteiger partial charge in [-0.15, -0.1) is 11.3 Å². The molecule has 0 aliphatic carbocycles. The summed E-state index contributed by atoms with van der Waals surface area (Å²) >= 11 is 7.24. The number of hydrogen-bond donors (Lipinski definition) is 1. The molecule has 5 heteroatoms. The first kappa shape index (κ1) is 9.55. The van der Waals surface area contributed by atoms with Crippen LogP contribution in [0.4, 0.5) is 0 Å². The van der Waals surface area contributed by atoms with Crippen LogP contribution < -0.4 is 5.56 Å². The molecule has 3 nitrogen and oxygen atoms in total. The lowest BCUT2D eigenvalue weighted by Crippen LogP contribution is -2.12. The van der Waals surface area contributed by atoms with E-state index in [0.717, 1.165) is 10.6 Å². The van der Waals surface area contributed by atoms with Gasteiger partial charge in [0.1, 0.15) is 0 Å². The van der Waals surface area contributed by atoms with Crippen molar-refractivity contribution in [1.29, 1.82) is 0 Å². The van der Waals surface area contributed by atoms with Gasteiger partial charge in [0.25, 0.3) is 5.56 Å². The number of halogens is 1. The Morgan fingerprint density at radius 3 is 2.64 bits per heavy atom. The fraction of sp³-hybridized carbons (Fsp3) is 0.222. The number of H-pyrrole nitrogens is 1. The summed E-state index contributed by atoms with van der Waals surface area (Å²) in [6.45, 7) is 1.88. The number of nitrogens with zero attached hydrogens (tertiary/aromatic N) is 1. The van der Waals surface area contributed by atoms with E-state index < -0.39 is 0 Å². The molecule has 2 rings (SSSR count). The first-order valence-corrected chi connectivity index (χ1v) is 5.30. The highest BCUT2D eigenvalue weighted by Crippen LogP contribution is 2.30. The third kappa shape index (κ3) is 1.40. The third-order valence-corrected chi connectivity index (χ3v) is 3.30. The van der Waals surface area contributed by atoms with Crippen molar-refractivity contribution in [3.63, 3.8) is 0 Å². The van der Waals surface area contributed by atoms with E-state index in [-0.39, 0.29) is 5.56 Å². The van der Waals surface area contributed by atoms with E-state index in [1.165, 1.54) is 16.0 Å². The van der Waals surface area contributed by atoms with Gasteiger partial charge in [0, 0.05) is 17.6 Å². The van der Waals surface area contributed by atoms with E-state index in [2.05, 4.69) is 5.10 Å². The summed E-state index contributed by atoms with van der Waals surface area (Å²) in [5, 5.41) is 2.95. The number of aromatic nitrogens is 2. The lowest BCUT2D eigenvalue weighted by Gasteiger charge is -1.89. The number of hydrogen-bond acceptors (Lipinski definition) is 2. The van der Waals surface area contributed by atoms with E-state index in [4.69, 9.17) is 11.6 Å². The van der Waals surface area contributed by atoms with Gasteiger partial charge < -0.3 is 0 Å². The standard InChI is InChI=1S/C9H9ClN2OS/c1-5-8(9(13)12(2)11-5)6-3-4-7(10)14-6/h3-4,11H,1-2H3. The molecule has 0 aliphatic heterocycles. The average molecular weight is 229 g/mol. The van der Waals surface area contributed by atoms with Crippen LogP contribution in [0.15, 0.2) is 16.9 Å². The van der Waals surface area contributed by atoms with Gasteiger partial charge in [-0.05, 0) is 19.1 Å². The Morgan fingerprint density at radius 2 is 2.21 bits per heavy atom. The van der Waals surface area contributed by atoms with Gasteiger partial charge in [-0.2, -0.15) is 0 Å². The van der Waals surface area contributed by atoms with E-state index in [9.17, 15) is 4.79 Å². The quantitative estimate of drug-likeness (QED) is 0.800. The highest BCUT2D eigenvalue weighted by molar-refractivity contribution is 7.19. The van der Waals surface area contributed by atoms with Gasteiger partial charge in [0.15, 0.2) is 0 Å². The maximum absolute atomic E-state index is 11.7. The van der Waals surface area contributed by atoms with Crippen molar-refractivity contribution in [2.45, 2.75) is 6.92 Å². The smallest absolute Gasteiger partial charge is 0.275 e. The summed E-state index contributed by atoms with van der Waals surface area (Å²) in [6, 6.07) is 3.66. The van der Waals surface area contributed by atoms with Gasteiger partial charge in [0.2, 0.25) is 0 Å². The third-order valence-electron chi connectivity index (χ3n) is 2.05. The van der Waals surface area contributed by atoms with Gasteiger partial charge in [-0.3, -0.25) is 14.6 Å². The number of nitrogens with one attached hydrogen (secondary N) is 1. The predicted octanol–water partition coefficient (Wildman–Crippen LogP) is 2.40. The molecule has 0 saturated heterocycles. The molecule has 0 aromatic carbocycles. The minimum Gasteiger partial charge on any atom is -0.300 e. The maximum Gasteiger partial charge on any atom is 0.275 e. The zero-order valence-corrected chi connectivity index (χ0v) is 9.37.